The van der Waals surface area contributed by atoms with Gasteiger partial charge in [0.1, 0.15) is 16.9 Å². The van der Waals surface area contributed by atoms with Crippen LogP contribution in [0.4, 0.5) is 11.4 Å². The van der Waals surface area contributed by atoms with Crippen LogP contribution < -0.4 is 10.1 Å². The first-order valence-electron chi connectivity index (χ1n) is 9.31. The van der Waals surface area contributed by atoms with E-state index in [4.69, 9.17) is 9.47 Å². The lowest BCUT2D eigenvalue weighted by Gasteiger charge is -2.26. The summed E-state index contributed by atoms with van der Waals surface area (Å²) >= 11 is 0. The molecule has 0 unspecified atom stereocenters. The van der Waals surface area contributed by atoms with Gasteiger partial charge in [-0.05, 0) is 18.2 Å². The maximum atomic E-state index is 12.6. The highest BCUT2D eigenvalue weighted by molar-refractivity contribution is 6.35. The Hall–Kier alpha value is -3.61. The van der Waals surface area contributed by atoms with Crippen molar-refractivity contribution in [2.45, 2.75) is 18.4 Å². The van der Waals surface area contributed by atoms with Crippen LogP contribution >= 0.6 is 0 Å². The van der Waals surface area contributed by atoms with Gasteiger partial charge in [-0.2, -0.15) is 0 Å². The fourth-order valence-corrected chi connectivity index (χ4v) is 3.51. The lowest BCUT2D eigenvalue weighted by atomic mass is 9.93. The summed E-state index contributed by atoms with van der Waals surface area (Å²) in [6, 6.07) is 4.48. The van der Waals surface area contributed by atoms with E-state index in [2.05, 4.69) is 22.1 Å². The molecule has 154 valence electrons. The highest BCUT2D eigenvalue weighted by atomic mass is 16.6. The van der Waals surface area contributed by atoms with E-state index in [1.165, 1.54) is 19.2 Å². The molecule has 0 atom stereocenters. The number of fused-ring (bicyclic) bond motifs is 1. The van der Waals surface area contributed by atoms with E-state index in [0.717, 1.165) is 0 Å². The minimum Gasteiger partial charge on any atom is -0.495 e. The number of anilines is 1. The Morgan fingerprint density at radius 2 is 2.10 bits per heavy atom. The van der Waals surface area contributed by atoms with Crippen molar-refractivity contribution in [3.05, 3.63) is 51.3 Å². The van der Waals surface area contributed by atoms with E-state index in [-0.39, 0.29) is 16.8 Å². The van der Waals surface area contributed by atoms with Crippen molar-refractivity contribution >= 4 is 28.9 Å². The lowest BCUT2D eigenvalue weighted by Crippen LogP contribution is -2.34. The lowest BCUT2D eigenvalue weighted by molar-refractivity contribution is -0.385. The van der Waals surface area contributed by atoms with Gasteiger partial charge in [0.15, 0.2) is 0 Å². The summed E-state index contributed by atoms with van der Waals surface area (Å²) in [5.41, 5.74) is 0.0592. The molecule has 1 aromatic heterocycles. The number of amides is 1. The Bertz CT molecular complexity index is 1120. The number of ether oxygens (including phenoxy) is 2. The standard InChI is InChI=1S/C21H19N3O6/c1-29-18-5-9-22-16(18)12-14-19-13(4-6-21(26)7-10-30-11-8-21)17(24(27)28)3-2-15(19)23-20(14)25/h2-3,5,9,12,22,26H,7-8,10-11H2,1H3,(H,23,25)/b14-12-. The number of aromatic amines is 1. The normalized spacial score (nSPS) is 18.3. The molecule has 2 aliphatic heterocycles. The van der Waals surface area contributed by atoms with Gasteiger partial charge in [0, 0.05) is 30.7 Å². The summed E-state index contributed by atoms with van der Waals surface area (Å²) in [7, 11) is 1.50. The van der Waals surface area contributed by atoms with Crippen LogP contribution in [0.15, 0.2) is 24.4 Å². The number of hydrogen-bond donors (Lipinski definition) is 3. The van der Waals surface area contributed by atoms with Crippen LogP contribution in [0.2, 0.25) is 0 Å². The van der Waals surface area contributed by atoms with Crippen LogP contribution in [0.3, 0.4) is 0 Å². The summed E-state index contributed by atoms with van der Waals surface area (Å²) in [6.07, 6.45) is 3.84. The van der Waals surface area contributed by atoms with E-state index < -0.39 is 16.4 Å². The average molecular weight is 409 g/mol. The van der Waals surface area contributed by atoms with Gasteiger partial charge in [0.25, 0.3) is 11.6 Å². The van der Waals surface area contributed by atoms with Gasteiger partial charge < -0.3 is 24.9 Å². The fraction of sp³-hybridized carbons (Fsp3) is 0.286. The number of carbonyl (C=O) groups excluding carboxylic acids is 1. The summed E-state index contributed by atoms with van der Waals surface area (Å²) in [6.45, 7) is 0.718. The summed E-state index contributed by atoms with van der Waals surface area (Å²) in [4.78, 5) is 26.7. The zero-order valence-corrected chi connectivity index (χ0v) is 16.2. The van der Waals surface area contributed by atoms with Crippen molar-refractivity contribution in [2.24, 2.45) is 0 Å². The molecule has 3 N–H and O–H groups in total. The number of carbonyl (C=O) groups is 1. The maximum Gasteiger partial charge on any atom is 0.285 e. The molecule has 1 amide bonds. The number of nitrogens with one attached hydrogen (secondary N) is 2. The molecule has 9 heteroatoms. The summed E-state index contributed by atoms with van der Waals surface area (Å²) in [5.74, 6) is 5.69. The van der Waals surface area contributed by atoms with Crippen molar-refractivity contribution < 1.29 is 24.3 Å². The van der Waals surface area contributed by atoms with Crippen LogP contribution in [-0.4, -0.2) is 46.8 Å². The van der Waals surface area contributed by atoms with Crippen LogP contribution in [-0.2, 0) is 9.53 Å². The monoisotopic (exact) mass is 409 g/mol. The molecule has 0 bridgehead atoms. The minimum absolute atomic E-state index is 0.0764. The third-order valence-electron chi connectivity index (χ3n) is 5.13. The van der Waals surface area contributed by atoms with Crippen LogP contribution in [0.5, 0.6) is 5.75 Å². The van der Waals surface area contributed by atoms with Gasteiger partial charge >= 0.3 is 0 Å². The number of aliphatic hydroxyl groups is 1. The molecular formula is C21H19N3O6. The molecule has 1 fully saturated rings. The predicted molar refractivity (Wildman–Crippen MR) is 109 cm³/mol. The summed E-state index contributed by atoms with van der Waals surface area (Å²) < 4.78 is 10.5. The number of H-pyrrole nitrogens is 1. The Morgan fingerprint density at radius 3 is 2.80 bits per heavy atom. The number of rotatable bonds is 3. The van der Waals surface area contributed by atoms with Crippen molar-refractivity contribution in [2.75, 3.05) is 25.6 Å². The quantitative estimate of drug-likeness (QED) is 0.309. The van der Waals surface area contributed by atoms with E-state index in [1.54, 1.807) is 18.3 Å². The molecule has 3 heterocycles. The van der Waals surface area contributed by atoms with Gasteiger partial charge in [0.2, 0.25) is 0 Å². The largest absolute Gasteiger partial charge is 0.495 e. The van der Waals surface area contributed by atoms with Crippen molar-refractivity contribution in [3.63, 3.8) is 0 Å². The molecule has 1 aromatic carbocycles. The molecule has 0 radical (unpaired) electrons. The van der Waals surface area contributed by atoms with E-state index in [1.807, 2.05) is 0 Å². The van der Waals surface area contributed by atoms with Crippen LogP contribution in [0, 0.1) is 22.0 Å². The average Bonchev–Trinajstić information content (AvgIpc) is 3.30. The smallest absolute Gasteiger partial charge is 0.285 e. The molecule has 0 aliphatic carbocycles. The number of nitrogens with zero attached hydrogens (tertiary/aromatic N) is 1. The number of aromatic nitrogens is 1. The molecule has 2 aromatic rings. The van der Waals surface area contributed by atoms with Gasteiger partial charge in [-0.25, -0.2) is 0 Å². The molecule has 9 nitrogen and oxygen atoms in total. The second-order valence-corrected chi connectivity index (χ2v) is 7.01. The van der Waals surface area contributed by atoms with Crippen molar-refractivity contribution in [3.8, 4) is 17.6 Å². The number of nitro groups is 1. The zero-order chi connectivity index (χ0) is 21.3. The van der Waals surface area contributed by atoms with Gasteiger partial charge in [-0.3, -0.25) is 14.9 Å². The van der Waals surface area contributed by atoms with E-state index in [0.29, 0.717) is 48.7 Å². The van der Waals surface area contributed by atoms with Crippen molar-refractivity contribution in [1.82, 2.24) is 4.98 Å². The SMILES string of the molecule is COc1cc[nH]c1/C=C1\C(=O)Nc2ccc([N+](=O)[O-])c(C#CC3(O)CCOCC3)c21. The Morgan fingerprint density at radius 1 is 1.33 bits per heavy atom. The predicted octanol–water partition coefficient (Wildman–Crippen LogP) is 2.32. The molecule has 30 heavy (non-hydrogen) atoms. The molecule has 0 saturated carbocycles. The number of hydrogen-bond acceptors (Lipinski definition) is 6. The number of methoxy groups -OCH3 is 1. The van der Waals surface area contributed by atoms with Crippen LogP contribution in [0.25, 0.3) is 11.6 Å². The maximum absolute atomic E-state index is 12.6. The third-order valence-corrected chi connectivity index (χ3v) is 5.13. The highest BCUT2D eigenvalue weighted by Crippen LogP contribution is 2.40. The molecule has 1 saturated heterocycles. The Kier molecular flexibility index (Phi) is 5.03. The highest BCUT2D eigenvalue weighted by Gasteiger charge is 2.33. The summed E-state index contributed by atoms with van der Waals surface area (Å²) in [5, 5.41) is 25.0. The van der Waals surface area contributed by atoms with E-state index in [9.17, 15) is 20.0 Å². The molecular weight excluding hydrogens is 390 g/mol. The second-order valence-electron chi connectivity index (χ2n) is 7.01. The zero-order valence-electron chi connectivity index (χ0n) is 16.2. The van der Waals surface area contributed by atoms with Gasteiger partial charge in [-0.1, -0.05) is 11.8 Å². The molecule has 0 spiro atoms. The number of benzene rings is 1. The fourth-order valence-electron chi connectivity index (χ4n) is 3.51. The van der Waals surface area contributed by atoms with Crippen LogP contribution in [0.1, 0.15) is 29.7 Å². The van der Waals surface area contributed by atoms with E-state index >= 15 is 0 Å². The van der Waals surface area contributed by atoms with Gasteiger partial charge in [0.05, 0.1) is 42.2 Å². The molecule has 2 aliphatic rings. The Labute approximate surface area is 171 Å². The van der Waals surface area contributed by atoms with Crippen molar-refractivity contribution in [1.29, 1.82) is 0 Å². The molecule has 4 rings (SSSR count). The topological polar surface area (TPSA) is 127 Å². The Balaban J connectivity index is 1.88. The first kappa shape index (κ1) is 19.7. The number of nitro benzene ring substituents is 1. The minimum atomic E-state index is -1.29. The third kappa shape index (κ3) is 3.54. The first-order valence-corrected chi connectivity index (χ1v) is 9.31. The van der Waals surface area contributed by atoms with Gasteiger partial charge in [-0.15, -0.1) is 0 Å². The first-order chi connectivity index (χ1) is 14.4. The second kappa shape index (κ2) is 7.67.